The molecule has 0 aliphatic heterocycles. The summed E-state index contributed by atoms with van der Waals surface area (Å²) in [5.74, 6) is 0. The Bertz CT molecular complexity index is 781. The van der Waals surface area contributed by atoms with Gasteiger partial charge in [0.25, 0.3) is 0 Å². The Labute approximate surface area is 132 Å². The summed E-state index contributed by atoms with van der Waals surface area (Å²) in [6, 6.07) is 13.4. The molecule has 106 valence electrons. The topological polar surface area (TPSA) is 43.8 Å². The SMILES string of the molecule is NCc1cccc(-n2cncc2-c2cc(Cl)ccc2Cl)c1. The molecule has 0 aliphatic rings. The van der Waals surface area contributed by atoms with Crippen LogP contribution in [0.3, 0.4) is 0 Å². The lowest BCUT2D eigenvalue weighted by atomic mass is 10.1. The normalized spacial score (nSPS) is 10.8. The molecule has 0 unspecified atom stereocenters. The van der Waals surface area contributed by atoms with Crippen molar-refractivity contribution in [2.45, 2.75) is 6.54 Å². The Morgan fingerprint density at radius 1 is 1.10 bits per heavy atom. The number of benzene rings is 2. The maximum absolute atomic E-state index is 6.29. The molecule has 0 saturated heterocycles. The van der Waals surface area contributed by atoms with E-state index in [1.54, 1.807) is 24.7 Å². The quantitative estimate of drug-likeness (QED) is 0.782. The van der Waals surface area contributed by atoms with E-state index in [0.29, 0.717) is 16.6 Å². The first kappa shape index (κ1) is 14.1. The maximum atomic E-state index is 6.29. The lowest BCUT2D eigenvalue weighted by molar-refractivity contribution is 1.03. The van der Waals surface area contributed by atoms with Crippen molar-refractivity contribution in [3.05, 3.63) is 70.6 Å². The summed E-state index contributed by atoms with van der Waals surface area (Å²) < 4.78 is 1.97. The van der Waals surface area contributed by atoms with E-state index in [1.165, 1.54) is 0 Å². The highest BCUT2D eigenvalue weighted by Gasteiger charge is 2.11. The van der Waals surface area contributed by atoms with Crippen LogP contribution in [0.15, 0.2) is 55.0 Å². The summed E-state index contributed by atoms with van der Waals surface area (Å²) in [4.78, 5) is 4.23. The Balaban J connectivity index is 2.14. The van der Waals surface area contributed by atoms with Crippen LogP contribution in [0.2, 0.25) is 10.0 Å². The molecule has 5 heteroatoms. The number of nitrogens with zero attached hydrogens (tertiary/aromatic N) is 2. The summed E-state index contributed by atoms with van der Waals surface area (Å²) >= 11 is 12.4. The van der Waals surface area contributed by atoms with Crippen LogP contribution >= 0.6 is 23.2 Å². The Morgan fingerprint density at radius 3 is 2.76 bits per heavy atom. The van der Waals surface area contributed by atoms with Gasteiger partial charge >= 0.3 is 0 Å². The van der Waals surface area contributed by atoms with Gasteiger partial charge in [0.1, 0.15) is 0 Å². The van der Waals surface area contributed by atoms with Crippen molar-refractivity contribution in [3.63, 3.8) is 0 Å². The number of hydrogen-bond acceptors (Lipinski definition) is 2. The number of aromatic nitrogens is 2. The highest BCUT2D eigenvalue weighted by Crippen LogP contribution is 2.31. The van der Waals surface area contributed by atoms with Gasteiger partial charge in [-0.25, -0.2) is 4.98 Å². The summed E-state index contributed by atoms with van der Waals surface area (Å²) in [7, 11) is 0. The largest absolute Gasteiger partial charge is 0.326 e. The molecule has 1 aromatic heterocycles. The summed E-state index contributed by atoms with van der Waals surface area (Å²) in [6.45, 7) is 0.496. The van der Waals surface area contributed by atoms with Crippen molar-refractivity contribution >= 4 is 23.2 Å². The molecule has 0 saturated carbocycles. The zero-order valence-corrected chi connectivity index (χ0v) is 12.6. The van der Waals surface area contributed by atoms with E-state index in [4.69, 9.17) is 28.9 Å². The van der Waals surface area contributed by atoms with Crippen LogP contribution < -0.4 is 5.73 Å². The molecule has 0 spiro atoms. The van der Waals surface area contributed by atoms with Gasteiger partial charge in [0, 0.05) is 22.8 Å². The van der Waals surface area contributed by atoms with E-state index in [2.05, 4.69) is 4.98 Å². The van der Waals surface area contributed by atoms with Gasteiger partial charge in [0.05, 0.1) is 23.2 Å². The van der Waals surface area contributed by atoms with E-state index in [1.807, 2.05) is 34.9 Å². The molecule has 3 nitrogen and oxygen atoms in total. The molecule has 3 aromatic rings. The monoisotopic (exact) mass is 317 g/mol. The van der Waals surface area contributed by atoms with Crippen LogP contribution in [0.1, 0.15) is 5.56 Å². The number of rotatable bonds is 3. The Morgan fingerprint density at radius 2 is 1.95 bits per heavy atom. The number of nitrogens with two attached hydrogens (primary N) is 1. The third-order valence-electron chi connectivity index (χ3n) is 3.27. The van der Waals surface area contributed by atoms with E-state index in [0.717, 1.165) is 22.5 Å². The summed E-state index contributed by atoms with van der Waals surface area (Å²) in [6.07, 6.45) is 3.52. The van der Waals surface area contributed by atoms with Crippen molar-refractivity contribution in [1.82, 2.24) is 9.55 Å². The molecule has 0 aliphatic carbocycles. The van der Waals surface area contributed by atoms with Gasteiger partial charge in [-0.3, -0.25) is 4.57 Å². The first-order chi connectivity index (χ1) is 10.2. The molecule has 0 bridgehead atoms. The van der Waals surface area contributed by atoms with E-state index < -0.39 is 0 Å². The van der Waals surface area contributed by atoms with Gasteiger partial charge in [-0.05, 0) is 35.9 Å². The minimum atomic E-state index is 0.496. The van der Waals surface area contributed by atoms with Gasteiger partial charge in [-0.1, -0.05) is 35.3 Å². The standard InChI is InChI=1S/C16H13Cl2N3/c17-12-4-5-15(18)14(7-12)16-9-20-10-21(16)13-3-1-2-11(6-13)8-19/h1-7,9-10H,8,19H2. The average molecular weight is 318 g/mol. The van der Waals surface area contributed by atoms with Crippen LogP contribution in [0, 0.1) is 0 Å². The molecule has 2 N–H and O–H groups in total. The molecule has 0 fully saturated rings. The fraction of sp³-hybridized carbons (Fsp3) is 0.0625. The van der Waals surface area contributed by atoms with E-state index in [-0.39, 0.29) is 0 Å². The van der Waals surface area contributed by atoms with Crippen LogP contribution in [0.25, 0.3) is 16.9 Å². The van der Waals surface area contributed by atoms with Crippen LogP contribution in [-0.4, -0.2) is 9.55 Å². The summed E-state index contributed by atoms with van der Waals surface area (Å²) in [5.41, 5.74) is 9.48. The predicted molar refractivity (Wildman–Crippen MR) is 86.9 cm³/mol. The first-order valence-corrected chi connectivity index (χ1v) is 7.22. The number of halogens is 2. The second-order valence-electron chi connectivity index (χ2n) is 4.65. The Kier molecular flexibility index (Phi) is 3.97. The first-order valence-electron chi connectivity index (χ1n) is 6.46. The minimum Gasteiger partial charge on any atom is -0.326 e. The van der Waals surface area contributed by atoms with E-state index in [9.17, 15) is 0 Å². The fourth-order valence-electron chi connectivity index (χ4n) is 2.23. The smallest absolute Gasteiger partial charge is 0.0997 e. The van der Waals surface area contributed by atoms with Gasteiger partial charge in [0.2, 0.25) is 0 Å². The van der Waals surface area contributed by atoms with Crippen molar-refractivity contribution in [2.75, 3.05) is 0 Å². The molecular weight excluding hydrogens is 305 g/mol. The third kappa shape index (κ3) is 2.81. The zero-order valence-electron chi connectivity index (χ0n) is 11.1. The van der Waals surface area contributed by atoms with Crippen LogP contribution in [0.4, 0.5) is 0 Å². The molecule has 1 heterocycles. The van der Waals surface area contributed by atoms with Crippen molar-refractivity contribution in [3.8, 4) is 16.9 Å². The van der Waals surface area contributed by atoms with Crippen LogP contribution in [0.5, 0.6) is 0 Å². The Hall–Kier alpha value is -1.81. The lowest BCUT2D eigenvalue weighted by Crippen LogP contribution is -2.00. The summed E-state index contributed by atoms with van der Waals surface area (Å²) in [5, 5.41) is 1.27. The van der Waals surface area contributed by atoms with Gasteiger partial charge in [-0.2, -0.15) is 0 Å². The highest BCUT2D eigenvalue weighted by molar-refractivity contribution is 6.35. The molecule has 3 rings (SSSR count). The highest BCUT2D eigenvalue weighted by atomic mass is 35.5. The van der Waals surface area contributed by atoms with Crippen molar-refractivity contribution in [1.29, 1.82) is 0 Å². The second-order valence-corrected chi connectivity index (χ2v) is 5.49. The van der Waals surface area contributed by atoms with Crippen LogP contribution in [-0.2, 0) is 6.54 Å². The van der Waals surface area contributed by atoms with Gasteiger partial charge in [0.15, 0.2) is 0 Å². The average Bonchev–Trinajstić information content (AvgIpc) is 2.99. The third-order valence-corrected chi connectivity index (χ3v) is 3.83. The number of hydrogen-bond donors (Lipinski definition) is 1. The lowest BCUT2D eigenvalue weighted by Gasteiger charge is -2.11. The zero-order chi connectivity index (χ0) is 14.8. The maximum Gasteiger partial charge on any atom is 0.0997 e. The molecule has 0 amide bonds. The minimum absolute atomic E-state index is 0.496. The second kappa shape index (κ2) is 5.90. The molecule has 2 aromatic carbocycles. The molecular formula is C16H13Cl2N3. The van der Waals surface area contributed by atoms with Crippen molar-refractivity contribution < 1.29 is 0 Å². The van der Waals surface area contributed by atoms with E-state index >= 15 is 0 Å². The van der Waals surface area contributed by atoms with Gasteiger partial charge in [-0.15, -0.1) is 0 Å². The molecule has 0 atom stereocenters. The van der Waals surface area contributed by atoms with Gasteiger partial charge < -0.3 is 5.73 Å². The predicted octanol–water partition coefficient (Wildman–Crippen LogP) is 4.30. The van der Waals surface area contributed by atoms with Crippen molar-refractivity contribution in [2.24, 2.45) is 5.73 Å². The molecule has 21 heavy (non-hydrogen) atoms. The number of imidazole rings is 1. The fourth-order valence-corrected chi connectivity index (χ4v) is 2.61. The molecule has 0 radical (unpaired) electrons.